The van der Waals surface area contributed by atoms with E-state index in [1.807, 2.05) is 31.2 Å². The minimum atomic E-state index is -0.956. The van der Waals surface area contributed by atoms with Gasteiger partial charge in [0.25, 0.3) is 0 Å². The standard InChI is InChI=1S/C16H25NO2/c1-4-5-13(3)10-16(11-17,15(18)19)14-8-6-12(2)7-9-14/h6-9,13H,4-5,10-11,17H2,1-3H3,(H,18,19). The Bertz CT molecular complexity index is 413. The fraction of sp³-hybridized carbons (Fsp3) is 0.562. The first-order valence-corrected chi connectivity index (χ1v) is 6.97. The highest BCUT2D eigenvalue weighted by Gasteiger charge is 2.40. The molecule has 0 saturated heterocycles. The molecular weight excluding hydrogens is 238 g/mol. The minimum Gasteiger partial charge on any atom is -0.481 e. The number of nitrogens with two attached hydrogens (primary N) is 1. The SMILES string of the molecule is CCCC(C)CC(CN)(C(=O)O)c1ccc(C)cc1. The zero-order chi connectivity index (χ0) is 14.5. The molecule has 0 aliphatic rings. The predicted octanol–water partition coefficient (Wildman–Crippen LogP) is 3.10. The molecule has 0 aromatic heterocycles. The average molecular weight is 263 g/mol. The quantitative estimate of drug-likeness (QED) is 0.794. The first-order valence-electron chi connectivity index (χ1n) is 6.97. The number of hydrogen-bond acceptors (Lipinski definition) is 2. The lowest BCUT2D eigenvalue weighted by Crippen LogP contribution is -2.44. The number of carboxylic acid groups (broad SMARTS) is 1. The molecule has 19 heavy (non-hydrogen) atoms. The van der Waals surface area contributed by atoms with Crippen molar-refractivity contribution in [1.82, 2.24) is 0 Å². The molecule has 1 rings (SSSR count). The number of carboxylic acids is 1. The lowest BCUT2D eigenvalue weighted by atomic mass is 9.73. The number of benzene rings is 1. The zero-order valence-corrected chi connectivity index (χ0v) is 12.1. The average Bonchev–Trinajstić information content (AvgIpc) is 2.37. The van der Waals surface area contributed by atoms with Crippen molar-refractivity contribution in [3.8, 4) is 0 Å². The van der Waals surface area contributed by atoms with Crippen molar-refractivity contribution in [3.63, 3.8) is 0 Å². The maximum absolute atomic E-state index is 11.8. The van der Waals surface area contributed by atoms with Gasteiger partial charge in [0, 0.05) is 6.54 Å². The van der Waals surface area contributed by atoms with Crippen molar-refractivity contribution in [2.45, 2.75) is 45.4 Å². The molecule has 1 aromatic carbocycles. The van der Waals surface area contributed by atoms with Crippen LogP contribution < -0.4 is 5.73 Å². The summed E-state index contributed by atoms with van der Waals surface area (Å²) in [5, 5.41) is 9.68. The fourth-order valence-electron chi connectivity index (χ4n) is 2.68. The van der Waals surface area contributed by atoms with Gasteiger partial charge in [-0.25, -0.2) is 0 Å². The molecule has 0 radical (unpaired) electrons. The van der Waals surface area contributed by atoms with Crippen molar-refractivity contribution >= 4 is 5.97 Å². The van der Waals surface area contributed by atoms with E-state index in [9.17, 15) is 9.90 Å². The number of rotatable bonds is 7. The summed E-state index contributed by atoms with van der Waals surface area (Å²) in [5.41, 5.74) is 6.83. The van der Waals surface area contributed by atoms with Gasteiger partial charge in [-0.3, -0.25) is 4.79 Å². The normalized spacial score (nSPS) is 15.8. The van der Waals surface area contributed by atoms with E-state index in [0.29, 0.717) is 12.3 Å². The second kappa shape index (κ2) is 6.71. The van der Waals surface area contributed by atoms with Gasteiger partial charge in [-0.1, -0.05) is 56.5 Å². The van der Waals surface area contributed by atoms with E-state index in [4.69, 9.17) is 5.73 Å². The molecule has 106 valence electrons. The predicted molar refractivity (Wildman–Crippen MR) is 78.2 cm³/mol. The Balaban J connectivity index is 3.11. The smallest absolute Gasteiger partial charge is 0.315 e. The van der Waals surface area contributed by atoms with Gasteiger partial charge in [0.15, 0.2) is 0 Å². The van der Waals surface area contributed by atoms with Crippen LogP contribution in [0.4, 0.5) is 0 Å². The number of carbonyl (C=O) groups is 1. The Kier molecular flexibility index (Phi) is 5.55. The summed E-state index contributed by atoms with van der Waals surface area (Å²) < 4.78 is 0. The molecule has 0 aliphatic carbocycles. The maximum atomic E-state index is 11.8. The molecule has 3 N–H and O–H groups in total. The molecule has 0 heterocycles. The molecule has 0 fully saturated rings. The van der Waals surface area contributed by atoms with Crippen molar-refractivity contribution < 1.29 is 9.90 Å². The van der Waals surface area contributed by atoms with Crippen LogP contribution in [0.5, 0.6) is 0 Å². The highest BCUT2D eigenvalue weighted by molar-refractivity contribution is 5.81. The Morgan fingerprint density at radius 1 is 1.37 bits per heavy atom. The Labute approximate surface area is 115 Å². The summed E-state index contributed by atoms with van der Waals surface area (Å²) in [4.78, 5) is 11.8. The van der Waals surface area contributed by atoms with Crippen molar-refractivity contribution in [2.75, 3.05) is 6.54 Å². The molecule has 2 unspecified atom stereocenters. The third kappa shape index (κ3) is 3.57. The van der Waals surface area contributed by atoms with Gasteiger partial charge >= 0.3 is 5.97 Å². The molecule has 0 saturated carbocycles. The maximum Gasteiger partial charge on any atom is 0.315 e. The van der Waals surface area contributed by atoms with Crippen LogP contribution >= 0.6 is 0 Å². The fourth-order valence-corrected chi connectivity index (χ4v) is 2.68. The number of aliphatic carboxylic acids is 1. The Morgan fingerprint density at radius 2 is 1.95 bits per heavy atom. The molecule has 3 nitrogen and oxygen atoms in total. The van der Waals surface area contributed by atoms with E-state index in [-0.39, 0.29) is 6.54 Å². The second-order valence-electron chi connectivity index (χ2n) is 5.56. The zero-order valence-electron chi connectivity index (χ0n) is 12.1. The molecule has 3 heteroatoms. The van der Waals surface area contributed by atoms with Crippen molar-refractivity contribution in [2.24, 2.45) is 11.7 Å². The van der Waals surface area contributed by atoms with Gasteiger partial charge in [0.2, 0.25) is 0 Å². The summed E-state index contributed by atoms with van der Waals surface area (Å²) in [6.45, 7) is 6.35. The molecule has 0 amide bonds. The van der Waals surface area contributed by atoms with Crippen molar-refractivity contribution in [1.29, 1.82) is 0 Å². The van der Waals surface area contributed by atoms with Gasteiger partial charge < -0.3 is 10.8 Å². The molecular formula is C16H25NO2. The summed E-state index contributed by atoms with van der Waals surface area (Å²) >= 11 is 0. The first kappa shape index (κ1) is 15.7. The largest absolute Gasteiger partial charge is 0.481 e. The van der Waals surface area contributed by atoms with Gasteiger partial charge in [0.05, 0.1) is 0 Å². The van der Waals surface area contributed by atoms with Crippen LogP contribution in [0, 0.1) is 12.8 Å². The van der Waals surface area contributed by atoms with E-state index in [1.165, 1.54) is 0 Å². The third-order valence-electron chi connectivity index (χ3n) is 3.84. The van der Waals surface area contributed by atoms with Crippen LogP contribution in [-0.2, 0) is 10.2 Å². The summed E-state index contributed by atoms with van der Waals surface area (Å²) in [7, 11) is 0. The van der Waals surface area contributed by atoms with Crippen LogP contribution in [-0.4, -0.2) is 17.6 Å². The van der Waals surface area contributed by atoms with Gasteiger partial charge in [-0.2, -0.15) is 0 Å². The Hall–Kier alpha value is -1.35. The van der Waals surface area contributed by atoms with E-state index >= 15 is 0 Å². The van der Waals surface area contributed by atoms with Crippen LogP contribution in [0.15, 0.2) is 24.3 Å². The van der Waals surface area contributed by atoms with Crippen LogP contribution in [0.3, 0.4) is 0 Å². The van der Waals surface area contributed by atoms with Crippen LogP contribution in [0.2, 0.25) is 0 Å². The lowest BCUT2D eigenvalue weighted by molar-refractivity contribution is -0.144. The number of hydrogen-bond donors (Lipinski definition) is 2. The third-order valence-corrected chi connectivity index (χ3v) is 3.84. The molecule has 0 spiro atoms. The molecule has 1 aromatic rings. The second-order valence-corrected chi connectivity index (χ2v) is 5.56. The van der Waals surface area contributed by atoms with Gasteiger partial charge in [-0.15, -0.1) is 0 Å². The lowest BCUT2D eigenvalue weighted by Gasteiger charge is -2.31. The van der Waals surface area contributed by atoms with E-state index in [0.717, 1.165) is 24.0 Å². The topological polar surface area (TPSA) is 63.3 Å². The summed E-state index contributed by atoms with van der Waals surface area (Å²) in [6, 6.07) is 7.70. The summed E-state index contributed by atoms with van der Waals surface area (Å²) in [6.07, 6.45) is 2.69. The number of aryl methyl sites for hydroxylation is 1. The monoisotopic (exact) mass is 263 g/mol. The Morgan fingerprint density at radius 3 is 2.37 bits per heavy atom. The molecule has 0 aliphatic heterocycles. The van der Waals surface area contributed by atoms with Gasteiger partial charge in [0.1, 0.15) is 5.41 Å². The van der Waals surface area contributed by atoms with E-state index < -0.39 is 11.4 Å². The van der Waals surface area contributed by atoms with Crippen molar-refractivity contribution in [3.05, 3.63) is 35.4 Å². The van der Waals surface area contributed by atoms with Gasteiger partial charge in [-0.05, 0) is 24.8 Å². The first-order chi connectivity index (χ1) is 8.96. The van der Waals surface area contributed by atoms with Crippen LogP contribution in [0.25, 0.3) is 0 Å². The highest BCUT2D eigenvalue weighted by Crippen LogP contribution is 2.32. The van der Waals surface area contributed by atoms with E-state index in [1.54, 1.807) is 0 Å². The van der Waals surface area contributed by atoms with Crippen LogP contribution in [0.1, 0.15) is 44.2 Å². The molecule has 2 atom stereocenters. The minimum absolute atomic E-state index is 0.138. The highest BCUT2D eigenvalue weighted by atomic mass is 16.4. The summed E-state index contributed by atoms with van der Waals surface area (Å²) in [5.74, 6) is -0.465. The molecule has 0 bridgehead atoms. The van der Waals surface area contributed by atoms with E-state index in [2.05, 4.69) is 13.8 Å².